The number of hydrogen-bond acceptors (Lipinski definition) is 3. The van der Waals surface area contributed by atoms with Crippen molar-refractivity contribution in [3.8, 4) is 0 Å². The van der Waals surface area contributed by atoms with E-state index in [1.165, 1.54) is 25.7 Å². The third kappa shape index (κ3) is 5.10. The van der Waals surface area contributed by atoms with Gasteiger partial charge in [0.1, 0.15) is 0 Å². The van der Waals surface area contributed by atoms with Crippen molar-refractivity contribution < 1.29 is 4.79 Å². The minimum absolute atomic E-state index is 0.317. The number of amides is 1. The van der Waals surface area contributed by atoms with E-state index < -0.39 is 0 Å². The van der Waals surface area contributed by atoms with Crippen LogP contribution in [0.15, 0.2) is 4.99 Å². The van der Waals surface area contributed by atoms with E-state index in [1.54, 1.807) is 0 Å². The van der Waals surface area contributed by atoms with Crippen molar-refractivity contribution in [2.45, 2.75) is 51.5 Å². The summed E-state index contributed by atoms with van der Waals surface area (Å²) in [6, 6.07) is 0.632. The van der Waals surface area contributed by atoms with Crippen molar-refractivity contribution in [2.24, 2.45) is 10.9 Å². The van der Waals surface area contributed by atoms with Crippen LogP contribution in [-0.2, 0) is 4.79 Å². The fraction of sp³-hybridized carbons (Fsp3) is 0.889. The molecular weight excluding hydrogens is 302 g/mol. The molecule has 136 valence electrons. The number of guanidine groups is 1. The molecule has 1 amide bonds. The molecule has 0 aromatic heterocycles. The smallest absolute Gasteiger partial charge is 0.225 e. The zero-order valence-electron chi connectivity index (χ0n) is 15.1. The summed E-state index contributed by atoms with van der Waals surface area (Å²) in [7, 11) is 0. The molecular formula is C18H33N5O. The highest BCUT2D eigenvalue weighted by Crippen LogP contribution is 2.26. The lowest BCUT2D eigenvalue weighted by atomic mass is 10.1. The number of hydrogen-bond donors (Lipinski definition) is 2. The van der Waals surface area contributed by atoms with Gasteiger partial charge in [0.15, 0.2) is 5.96 Å². The summed E-state index contributed by atoms with van der Waals surface area (Å²) in [5, 5.41) is 6.76. The van der Waals surface area contributed by atoms with Crippen LogP contribution < -0.4 is 10.6 Å². The van der Waals surface area contributed by atoms with Crippen LogP contribution in [0.2, 0.25) is 0 Å². The summed E-state index contributed by atoms with van der Waals surface area (Å²) in [6.07, 6.45) is 7.21. The highest BCUT2D eigenvalue weighted by Gasteiger charge is 2.29. The molecule has 6 nitrogen and oxygen atoms in total. The van der Waals surface area contributed by atoms with Gasteiger partial charge in [-0.15, -0.1) is 0 Å². The van der Waals surface area contributed by atoms with Crippen molar-refractivity contribution in [1.82, 2.24) is 20.4 Å². The van der Waals surface area contributed by atoms with Gasteiger partial charge in [0.05, 0.1) is 6.54 Å². The van der Waals surface area contributed by atoms with Gasteiger partial charge in [-0.3, -0.25) is 14.7 Å². The lowest BCUT2D eigenvalue weighted by molar-refractivity contribution is -0.137. The monoisotopic (exact) mass is 335 g/mol. The first-order valence-electron chi connectivity index (χ1n) is 9.82. The Morgan fingerprint density at radius 3 is 2.42 bits per heavy atom. The van der Waals surface area contributed by atoms with Crippen LogP contribution in [-0.4, -0.2) is 73.5 Å². The van der Waals surface area contributed by atoms with Gasteiger partial charge >= 0.3 is 0 Å². The molecule has 24 heavy (non-hydrogen) atoms. The van der Waals surface area contributed by atoms with E-state index in [9.17, 15) is 4.79 Å². The van der Waals surface area contributed by atoms with Crippen LogP contribution in [0.25, 0.3) is 0 Å². The summed E-state index contributed by atoms with van der Waals surface area (Å²) in [5.74, 6) is 1.68. The molecule has 0 atom stereocenters. The molecule has 3 fully saturated rings. The highest BCUT2D eigenvalue weighted by molar-refractivity contribution is 5.80. The minimum atomic E-state index is 0.317. The van der Waals surface area contributed by atoms with E-state index in [0.717, 1.165) is 64.6 Å². The van der Waals surface area contributed by atoms with Crippen LogP contribution in [0.3, 0.4) is 0 Å². The third-order valence-electron chi connectivity index (χ3n) is 5.34. The molecule has 0 aromatic rings. The lowest BCUT2D eigenvalue weighted by Gasteiger charge is -2.35. The Balaban J connectivity index is 1.36. The molecule has 2 saturated carbocycles. The average molecular weight is 335 g/mol. The standard InChI is InChI=1S/C18H33N5O/c1-2-19-18(21-16-7-8-16)20-9-10-22-11-13-23(14-12-22)17(24)15-5-3-4-6-15/h15-16H,2-14H2,1H3,(H2,19,20,21). The Morgan fingerprint density at radius 1 is 1.08 bits per heavy atom. The topological polar surface area (TPSA) is 60.0 Å². The van der Waals surface area contributed by atoms with Gasteiger partial charge in [0, 0.05) is 51.2 Å². The largest absolute Gasteiger partial charge is 0.357 e. The summed E-state index contributed by atoms with van der Waals surface area (Å²) in [5.41, 5.74) is 0. The second-order valence-corrected chi connectivity index (χ2v) is 7.33. The maximum atomic E-state index is 12.5. The van der Waals surface area contributed by atoms with Gasteiger partial charge in [0.2, 0.25) is 5.91 Å². The lowest BCUT2D eigenvalue weighted by Crippen LogP contribution is -2.50. The second-order valence-electron chi connectivity index (χ2n) is 7.33. The first kappa shape index (κ1) is 17.5. The molecule has 3 aliphatic rings. The first-order chi connectivity index (χ1) is 11.8. The predicted molar refractivity (Wildman–Crippen MR) is 97.1 cm³/mol. The number of aliphatic imine (C=N–C) groups is 1. The Hall–Kier alpha value is -1.30. The number of rotatable bonds is 6. The van der Waals surface area contributed by atoms with E-state index >= 15 is 0 Å². The predicted octanol–water partition coefficient (Wildman–Crippen LogP) is 1.04. The molecule has 6 heteroatoms. The van der Waals surface area contributed by atoms with E-state index in [4.69, 9.17) is 0 Å². The van der Waals surface area contributed by atoms with Gasteiger partial charge in [-0.2, -0.15) is 0 Å². The molecule has 1 heterocycles. The van der Waals surface area contributed by atoms with Gasteiger partial charge < -0.3 is 15.5 Å². The second kappa shape index (κ2) is 8.70. The van der Waals surface area contributed by atoms with Crippen molar-refractivity contribution in [1.29, 1.82) is 0 Å². The molecule has 0 spiro atoms. The summed E-state index contributed by atoms with van der Waals surface area (Å²) < 4.78 is 0. The van der Waals surface area contributed by atoms with E-state index in [1.807, 2.05) is 0 Å². The molecule has 0 unspecified atom stereocenters. The minimum Gasteiger partial charge on any atom is -0.357 e. The molecule has 2 aliphatic carbocycles. The van der Waals surface area contributed by atoms with Crippen molar-refractivity contribution in [3.63, 3.8) is 0 Å². The van der Waals surface area contributed by atoms with Gasteiger partial charge in [-0.1, -0.05) is 12.8 Å². The van der Waals surface area contributed by atoms with Crippen molar-refractivity contribution in [3.05, 3.63) is 0 Å². The van der Waals surface area contributed by atoms with E-state index in [2.05, 4.69) is 32.3 Å². The summed E-state index contributed by atoms with van der Waals surface area (Å²) >= 11 is 0. The number of piperazine rings is 1. The molecule has 3 rings (SSSR count). The Bertz CT molecular complexity index is 435. The molecule has 0 radical (unpaired) electrons. The third-order valence-corrected chi connectivity index (χ3v) is 5.34. The fourth-order valence-corrected chi connectivity index (χ4v) is 3.67. The Labute approximate surface area is 146 Å². The number of nitrogens with zero attached hydrogens (tertiary/aromatic N) is 3. The van der Waals surface area contributed by atoms with E-state index in [0.29, 0.717) is 17.9 Å². The number of carbonyl (C=O) groups is 1. The van der Waals surface area contributed by atoms with Gasteiger partial charge in [-0.25, -0.2) is 0 Å². The van der Waals surface area contributed by atoms with Crippen LogP contribution in [0, 0.1) is 5.92 Å². The molecule has 2 N–H and O–H groups in total. The average Bonchev–Trinajstić information content (AvgIpc) is 3.24. The number of carbonyl (C=O) groups excluding carboxylic acids is 1. The van der Waals surface area contributed by atoms with Crippen LogP contribution in [0.4, 0.5) is 0 Å². The maximum absolute atomic E-state index is 12.5. The SMILES string of the molecule is CCNC(=NCCN1CCN(C(=O)C2CCCC2)CC1)NC1CC1. The summed E-state index contributed by atoms with van der Waals surface area (Å²) in [4.78, 5) is 21.7. The van der Waals surface area contributed by atoms with Gasteiger partial charge in [0.25, 0.3) is 0 Å². The van der Waals surface area contributed by atoms with Crippen molar-refractivity contribution >= 4 is 11.9 Å². The zero-order chi connectivity index (χ0) is 16.8. The summed E-state index contributed by atoms with van der Waals surface area (Å²) in [6.45, 7) is 8.55. The maximum Gasteiger partial charge on any atom is 0.225 e. The normalized spacial score (nSPS) is 23.5. The number of nitrogens with one attached hydrogen (secondary N) is 2. The molecule has 0 aromatic carbocycles. The Kier molecular flexibility index (Phi) is 6.35. The van der Waals surface area contributed by atoms with Crippen LogP contribution >= 0.6 is 0 Å². The van der Waals surface area contributed by atoms with Crippen LogP contribution in [0.1, 0.15) is 45.4 Å². The molecule has 0 bridgehead atoms. The van der Waals surface area contributed by atoms with Crippen molar-refractivity contribution in [2.75, 3.05) is 45.8 Å². The highest BCUT2D eigenvalue weighted by atomic mass is 16.2. The Morgan fingerprint density at radius 2 is 1.79 bits per heavy atom. The van der Waals surface area contributed by atoms with Gasteiger partial charge in [-0.05, 0) is 32.6 Å². The quantitative estimate of drug-likeness (QED) is 0.562. The fourth-order valence-electron chi connectivity index (χ4n) is 3.67. The van der Waals surface area contributed by atoms with Crippen LogP contribution in [0.5, 0.6) is 0 Å². The first-order valence-corrected chi connectivity index (χ1v) is 9.82. The zero-order valence-corrected chi connectivity index (χ0v) is 15.1. The molecule has 1 aliphatic heterocycles. The molecule has 1 saturated heterocycles. The van der Waals surface area contributed by atoms with E-state index in [-0.39, 0.29) is 0 Å².